The molecule has 0 spiro atoms. The zero-order chi connectivity index (χ0) is 14.6. The van der Waals surface area contributed by atoms with Crippen LogP contribution in [0.4, 0.5) is 4.39 Å². The Morgan fingerprint density at radius 2 is 1.95 bits per heavy atom. The van der Waals surface area contributed by atoms with E-state index in [-0.39, 0.29) is 11.2 Å². The molecule has 112 valence electrons. The topological polar surface area (TPSA) is 17.8 Å². The van der Waals surface area contributed by atoms with Gasteiger partial charge in [0.2, 0.25) is 0 Å². The van der Waals surface area contributed by atoms with E-state index < -0.39 is 0 Å². The molecule has 1 unspecified atom stereocenters. The fourth-order valence-electron chi connectivity index (χ4n) is 3.57. The molecular formula is C17H20ClFN2. The smallest absolute Gasteiger partial charge is 0.151 e. The molecule has 2 aromatic rings. The number of alkyl halides is 1. The molecule has 1 heterocycles. The zero-order valence-corrected chi connectivity index (χ0v) is 13.0. The lowest BCUT2D eigenvalue weighted by Gasteiger charge is -2.19. The Balaban J connectivity index is 1.78. The minimum atomic E-state index is -0.251. The van der Waals surface area contributed by atoms with Crippen LogP contribution >= 0.6 is 11.6 Å². The number of halogens is 2. The summed E-state index contributed by atoms with van der Waals surface area (Å²) in [5, 5.41) is -0.198. The largest absolute Gasteiger partial charge is 0.326 e. The molecule has 2 fully saturated rings. The van der Waals surface area contributed by atoms with E-state index in [4.69, 9.17) is 11.6 Å². The Morgan fingerprint density at radius 3 is 2.52 bits per heavy atom. The maximum absolute atomic E-state index is 14.0. The third-order valence-corrected chi connectivity index (χ3v) is 5.16. The van der Waals surface area contributed by atoms with E-state index in [9.17, 15) is 4.39 Å². The van der Waals surface area contributed by atoms with Crippen LogP contribution in [0.3, 0.4) is 0 Å². The minimum absolute atomic E-state index is 0.198. The fourth-order valence-corrected chi connectivity index (χ4v) is 3.74. The number of hydrogen-bond acceptors (Lipinski definition) is 1. The van der Waals surface area contributed by atoms with E-state index in [2.05, 4.69) is 9.55 Å². The summed E-state index contributed by atoms with van der Waals surface area (Å²) in [6.45, 7) is 2.86. The lowest BCUT2D eigenvalue weighted by atomic mass is 9.97. The SMILES string of the molecule is CC(Cl)c1nc2c(F)cccc2n1CC(C1CC1)C1CC1. The first-order valence-electron chi connectivity index (χ1n) is 7.94. The lowest BCUT2D eigenvalue weighted by Crippen LogP contribution is -2.17. The molecule has 4 rings (SSSR count). The monoisotopic (exact) mass is 306 g/mol. The summed E-state index contributed by atoms with van der Waals surface area (Å²) in [5.74, 6) is 3.01. The van der Waals surface area contributed by atoms with Crippen LogP contribution in [0.5, 0.6) is 0 Å². The van der Waals surface area contributed by atoms with Gasteiger partial charge in [-0.15, -0.1) is 11.6 Å². The highest BCUT2D eigenvalue weighted by Gasteiger charge is 2.42. The van der Waals surface area contributed by atoms with E-state index >= 15 is 0 Å². The Labute approximate surface area is 129 Å². The van der Waals surface area contributed by atoms with Gasteiger partial charge in [-0.25, -0.2) is 9.37 Å². The van der Waals surface area contributed by atoms with Crippen molar-refractivity contribution < 1.29 is 4.39 Å². The van der Waals surface area contributed by atoms with Gasteiger partial charge in [0.15, 0.2) is 5.82 Å². The first kappa shape index (κ1) is 13.6. The number of imidazole rings is 1. The number of para-hydroxylation sites is 1. The predicted octanol–water partition coefficient (Wildman–Crippen LogP) is 4.91. The van der Waals surface area contributed by atoms with Gasteiger partial charge in [0, 0.05) is 6.54 Å². The molecule has 0 bridgehead atoms. The first-order valence-corrected chi connectivity index (χ1v) is 8.37. The van der Waals surface area contributed by atoms with E-state index in [0.29, 0.717) is 5.52 Å². The summed E-state index contributed by atoms with van der Waals surface area (Å²) in [7, 11) is 0. The molecule has 0 amide bonds. The van der Waals surface area contributed by atoms with Crippen molar-refractivity contribution >= 4 is 22.6 Å². The first-order chi connectivity index (χ1) is 10.1. The summed E-state index contributed by atoms with van der Waals surface area (Å²) < 4.78 is 16.2. The average molecular weight is 307 g/mol. The van der Waals surface area contributed by atoms with Gasteiger partial charge < -0.3 is 4.57 Å². The fraction of sp³-hybridized carbons (Fsp3) is 0.588. The molecule has 1 aromatic heterocycles. The Hall–Kier alpha value is -1.09. The van der Waals surface area contributed by atoms with Gasteiger partial charge in [-0.3, -0.25) is 0 Å². The summed E-state index contributed by atoms with van der Waals surface area (Å²) in [6, 6.07) is 5.20. The summed E-state index contributed by atoms with van der Waals surface area (Å²) in [4.78, 5) is 4.48. The van der Waals surface area contributed by atoms with Crippen LogP contribution in [0, 0.1) is 23.6 Å². The van der Waals surface area contributed by atoms with Gasteiger partial charge in [0.05, 0.1) is 10.9 Å². The number of benzene rings is 1. The molecule has 0 aliphatic heterocycles. The number of nitrogens with zero attached hydrogens (tertiary/aromatic N) is 2. The summed E-state index contributed by atoms with van der Waals surface area (Å²) >= 11 is 6.30. The normalized spacial score (nSPS) is 20.4. The van der Waals surface area contributed by atoms with Gasteiger partial charge in [-0.2, -0.15) is 0 Å². The van der Waals surface area contributed by atoms with Gasteiger partial charge in [-0.1, -0.05) is 6.07 Å². The molecule has 2 aliphatic rings. The minimum Gasteiger partial charge on any atom is -0.326 e. The number of fused-ring (bicyclic) bond motifs is 1. The summed E-state index contributed by atoms with van der Waals surface area (Å²) in [6.07, 6.45) is 5.42. The van der Waals surface area contributed by atoms with Gasteiger partial charge in [0.1, 0.15) is 11.3 Å². The number of aromatic nitrogens is 2. The van der Waals surface area contributed by atoms with Crippen LogP contribution in [-0.2, 0) is 6.54 Å². The highest BCUT2D eigenvalue weighted by atomic mass is 35.5. The summed E-state index contributed by atoms with van der Waals surface area (Å²) in [5.41, 5.74) is 1.36. The zero-order valence-electron chi connectivity index (χ0n) is 12.2. The molecule has 0 radical (unpaired) electrons. The van der Waals surface area contributed by atoms with Crippen LogP contribution in [0.15, 0.2) is 18.2 Å². The van der Waals surface area contributed by atoms with Crippen LogP contribution in [0.1, 0.15) is 43.8 Å². The third kappa shape index (κ3) is 2.46. The molecule has 2 aliphatic carbocycles. The van der Waals surface area contributed by atoms with Crippen molar-refractivity contribution in [2.45, 2.75) is 44.5 Å². The van der Waals surface area contributed by atoms with E-state index in [1.807, 2.05) is 13.0 Å². The van der Waals surface area contributed by atoms with E-state index in [1.54, 1.807) is 6.07 Å². The quantitative estimate of drug-likeness (QED) is 0.718. The molecular weight excluding hydrogens is 287 g/mol. The van der Waals surface area contributed by atoms with Crippen molar-refractivity contribution in [3.8, 4) is 0 Å². The average Bonchev–Trinajstić information content (AvgIpc) is 3.34. The van der Waals surface area contributed by atoms with Crippen LogP contribution in [-0.4, -0.2) is 9.55 Å². The number of rotatable bonds is 5. The van der Waals surface area contributed by atoms with Crippen molar-refractivity contribution in [2.75, 3.05) is 0 Å². The predicted molar refractivity (Wildman–Crippen MR) is 82.9 cm³/mol. The van der Waals surface area contributed by atoms with Crippen LogP contribution in [0.2, 0.25) is 0 Å². The third-order valence-electron chi connectivity index (χ3n) is 4.96. The lowest BCUT2D eigenvalue weighted by molar-refractivity contribution is 0.348. The number of hydrogen-bond donors (Lipinski definition) is 0. The molecule has 2 nitrogen and oxygen atoms in total. The highest BCUT2D eigenvalue weighted by Crippen LogP contribution is 2.50. The molecule has 4 heteroatoms. The molecule has 21 heavy (non-hydrogen) atoms. The van der Waals surface area contributed by atoms with E-state index in [1.165, 1.54) is 31.7 Å². The maximum Gasteiger partial charge on any atom is 0.151 e. The van der Waals surface area contributed by atoms with Gasteiger partial charge in [-0.05, 0) is 62.5 Å². The molecule has 1 aromatic carbocycles. The second kappa shape index (κ2) is 4.98. The Bertz CT molecular complexity index is 659. The highest BCUT2D eigenvalue weighted by molar-refractivity contribution is 6.20. The van der Waals surface area contributed by atoms with Crippen molar-refractivity contribution in [1.82, 2.24) is 9.55 Å². The van der Waals surface area contributed by atoms with Gasteiger partial charge >= 0.3 is 0 Å². The van der Waals surface area contributed by atoms with Crippen molar-refractivity contribution in [3.63, 3.8) is 0 Å². The van der Waals surface area contributed by atoms with Crippen molar-refractivity contribution in [3.05, 3.63) is 29.8 Å². The van der Waals surface area contributed by atoms with Crippen molar-refractivity contribution in [2.24, 2.45) is 17.8 Å². The standard InChI is InChI=1S/C17H20ClFN2/c1-10(18)17-20-16-14(19)3-2-4-15(16)21(17)9-13(11-5-6-11)12-7-8-12/h2-4,10-13H,5-9H2,1H3. The second-order valence-corrected chi connectivity index (χ2v) is 7.30. The molecule has 1 atom stereocenters. The molecule has 0 saturated heterocycles. The maximum atomic E-state index is 14.0. The van der Waals surface area contributed by atoms with E-state index in [0.717, 1.165) is 35.6 Å². The van der Waals surface area contributed by atoms with Gasteiger partial charge in [0.25, 0.3) is 0 Å². The van der Waals surface area contributed by atoms with Crippen molar-refractivity contribution in [1.29, 1.82) is 0 Å². The Kier molecular flexibility index (Phi) is 3.21. The van der Waals surface area contributed by atoms with Crippen LogP contribution < -0.4 is 0 Å². The molecule has 2 saturated carbocycles. The van der Waals surface area contributed by atoms with Crippen LogP contribution in [0.25, 0.3) is 11.0 Å². The Morgan fingerprint density at radius 1 is 1.29 bits per heavy atom. The second-order valence-electron chi connectivity index (χ2n) is 6.64. The molecule has 0 N–H and O–H groups in total.